The molecule has 0 saturated heterocycles. The lowest BCUT2D eigenvalue weighted by molar-refractivity contribution is -0.142. The van der Waals surface area contributed by atoms with Crippen molar-refractivity contribution in [1.29, 1.82) is 26.3 Å². The minimum atomic E-state index is -5.35. The summed E-state index contributed by atoms with van der Waals surface area (Å²) in [4.78, 5) is 0. The fourth-order valence-electron chi connectivity index (χ4n) is 10.8. The van der Waals surface area contributed by atoms with Crippen molar-refractivity contribution >= 4 is 43.6 Å². The Morgan fingerprint density at radius 3 is 0.900 bits per heavy atom. The number of hydrogen-bond acceptors (Lipinski definition) is 5. The van der Waals surface area contributed by atoms with Gasteiger partial charge < -0.3 is 9.13 Å². The number of benzene rings is 10. The Balaban J connectivity index is 1.24. The van der Waals surface area contributed by atoms with Crippen molar-refractivity contribution in [3.8, 4) is 97.4 Å². The van der Waals surface area contributed by atoms with E-state index in [2.05, 4.69) is 30.3 Å². The summed E-state index contributed by atoms with van der Waals surface area (Å²) >= 11 is 0. The molecule has 2 aromatic heterocycles. The number of alkyl halides is 6. The zero-order chi connectivity index (χ0) is 55.6. The van der Waals surface area contributed by atoms with Crippen LogP contribution in [0.2, 0.25) is 0 Å². The molecular formula is C67H33F6N7. The van der Waals surface area contributed by atoms with Gasteiger partial charge in [0.15, 0.2) is 0 Å². The van der Waals surface area contributed by atoms with Crippen molar-refractivity contribution in [3.63, 3.8) is 0 Å². The number of nitrogens with zero attached hydrogens (tertiary/aromatic N) is 7. The first-order chi connectivity index (χ1) is 38.7. The van der Waals surface area contributed by atoms with E-state index in [9.17, 15) is 39.5 Å². The molecule has 0 unspecified atom stereocenters. The summed E-state index contributed by atoms with van der Waals surface area (Å²) in [5.74, 6) is 0. The Labute approximate surface area is 452 Å². The largest absolute Gasteiger partial charge is 0.417 e. The maximum absolute atomic E-state index is 15.9. The average molecular weight is 1050 g/mol. The first-order valence-electron chi connectivity index (χ1n) is 24.7. The van der Waals surface area contributed by atoms with Gasteiger partial charge in [-0.3, -0.25) is 0 Å². The van der Waals surface area contributed by atoms with Crippen molar-refractivity contribution in [2.45, 2.75) is 12.4 Å². The van der Waals surface area contributed by atoms with E-state index in [0.29, 0.717) is 116 Å². The highest BCUT2D eigenvalue weighted by atomic mass is 19.4. The van der Waals surface area contributed by atoms with Gasteiger partial charge in [-0.05, 0) is 171 Å². The SMILES string of the molecule is N#Cc1cccc(-c2ccc3c(c2)c2cc(-c4cccc(C#N)c4)ccc2n3-c2cc(C#N)cc(-n3c4ccc(-c5cccc(C#N)c5)cc4c4cc(-c5cccc(C#N)c5)ccc43)c2-c2ccc(C(F)(F)F)cc2C(F)(F)F)c1. The number of nitriles is 5. The van der Waals surface area contributed by atoms with Crippen LogP contribution in [-0.4, -0.2) is 9.13 Å². The molecule has 0 spiro atoms. The van der Waals surface area contributed by atoms with Gasteiger partial charge in [0.1, 0.15) is 0 Å². The molecule has 0 radical (unpaired) electrons. The summed E-state index contributed by atoms with van der Waals surface area (Å²) < 4.78 is 95.1. The summed E-state index contributed by atoms with van der Waals surface area (Å²) in [5, 5.41) is 52.8. The maximum Gasteiger partial charge on any atom is 0.417 e. The van der Waals surface area contributed by atoms with E-state index in [4.69, 9.17) is 0 Å². The lowest BCUT2D eigenvalue weighted by atomic mass is 9.92. The first-order valence-corrected chi connectivity index (χ1v) is 24.7. The second-order valence-corrected chi connectivity index (χ2v) is 19.1. The predicted molar refractivity (Wildman–Crippen MR) is 296 cm³/mol. The topological polar surface area (TPSA) is 129 Å². The number of halogens is 6. The van der Waals surface area contributed by atoms with E-state index in [1.54, 1.807) is 130 Å². The van der Waals surface area contributed by atoms with Crippen LogP contribution in [0.5, 0.6) is 0 Å². The van der Waals surface area contributed by atoms with Gasteiger partial charge in [-0.2, -0.15) is 52.7 Å². The molecule has 0 saturated carbocycles. The molecule has 0 aliphatic rings. The second-order valence-electron chi connectivity index (χ2n) is 19.1. The summed E-state index contributed by atoms with van der Waals surface area (Å²) in [6.45, 7) is 0. The van der Waals surface area contributed by atoms with Gasteiger partial charge in [-0.1, -0.05) is 78.9 Å². The molecule has 0 fully saturated rings. The van der Waals surface area contributed by atoms with E-state index >= 15 is 13.2 Å². The summed E-state index contributed by atoms with van der Waals surface area (Å²) in [6, 6.07) is 65.3. The van der Waals surface area contributed by atoms with Crippen molar-refractivity contribution in [1.82, 2.24) is 9.13 Å². The third-order valence-corrected chi connectivity index (χ3v) is 14.5. The van der Waals surface area contributed by atoms with Crippen LogP contribution in [0.25, 0.3) is 111 Å². The van der Waals surface area contributed by atoms with Gasteiger partial charge in [0, 0.05) is 27.1 Å². The third-order valence-electron chi connectivity index (χ3n) is 14.5. The Bertz CT molecular complexity index is 4340. The fraction of sp³-hybridized carbons (Fsp3) is 0.0299. The van der Waals surface area contributed by atoms with Crippen LogP contribution in [-0.2, 0) is 12.4 Å². The molecular weight excluding hydrogens is 1020 g/mol. The summed E-state index contributed by atoms with van der Waals surface area (Å²) in [7, 11) is 0. The first kappa shape index (κ1) is 49.7. The molecule has 10 aromatic carbocycles. The molecule has 2 heterocycles. The molecule has 0 aliphatic heterocycles. The van der Waals surface area contributed by atoms with Crippen LogP contribution in [0.3, 0.4) is 0 Å². The minimum Gasteiger partial charge on any atom is -0.308 e. The molecule has 12 aromatic rings. The number of hydrogen-bond donors (Lipinski definition) is 0. The van der Waals surface area contributed by atoms with E-state index in [1.807, 2.05) is 48.5 Å². The highest BCUT2D eigenvalue weighted by Crippen LogP contribution is 2.49. The third kappa shape index (κ3) is 8.57. The van der Waals surface area contributed by atoms with E-state index in [-0.39, 0.29) is 28.6 Å². The Kier molecular flexibility index (Phi) is 11.9. The maximum atomic E-state index is 15.9. The van der Waals surface area contributed by atoms with Crippen molar-refractivity contribution < 1.29 is 26.3 Å². The van der Waals surface area contributed by atoms with Crippen molar-refractivity contribution in [2.24, 2.45) is 0 Å². The van der Waals surface area contributed by atoms with Gasteiger partial charge in [-0.15, -0.1) is 0 Å². The quantitative estimate of drug-likeness (QED) is 0.147. The molecule has 0 amide bonds. The molecule has 13 heteroatoms. The predicted octanol–water partition coefficient (Wildman–Crippen LogP) is 17.6. The molecule has 80 heavy (non-hydrogen) atoms. The molecule has 7 nitrogen and oxygen atoms in total. The number of fused-ring (bicyclic) bond motifs is 6. The van der Waals surface area contributed by atoms with Gasteiger partial charge in [-0.25, -0.2) is 0 Å². The molecule has 12 rings (SSSR count). The van der Waals surface area contributed by atoms with Crippen LogP contribution in [0.1, 0.15) is 38.9 Å². The fourth-order valence-corrected chi connectivity index (χ4v) is 10.8. The molecule has 0 bridgehead atoms. The average Bonchev–Trinajstić information content (AvgIpc) is 3.31. The smallest absolute Gasteiger partial charge is 0.308 e. The molecule has 0 atom stereocenters. The van der Waals surface area contributed by atoms with Crippen molar-refractivity contribution in [2.75, 3.05) is 0 Å². The van der Waals surface area contributed by atoms with Gasteiger partial charge >= 0.3 is 12.4 Å². The van der Waals surface area contributed by atoms with E-state index < -0.39 is 29.0 Å². The van der Waals surface area contributed by atoms with Crippen LogP contribution >= 0.6 is 0 Å². The van der Waals surface area contributed by atoms with E-state index in [0.717, 1.165) is 6.07 Å². The molecule has 0 N–H and O–H groups in total. The highest BCUT2D eigenvalue weighted by Gasteiger charge is 2.40. The van der Waals surface area contributed by atoms with Gasteiger partial charge in [0.2, 0.25) is 0 Å². The summed E-state index contributed by atoms with van der Waals surface area (Å²) in [5.41, 5.74) is 5.30. The van der Waals surface area contributed by atoms with Gasteiger partial charge in [0.05, 0.1) is 103 Å². The monoisotopic (exact) mass is 1050 g/mol. The lowest BCUT2D eigenvalue weighted by Gasteiger charge is -2.24. The zero-order valence-corrected chi connectivity index (χ0v) is 41.5. The zero-order valence-electron chi connectivity index (χ0n) is 41.5. The Morgan fingerprint density at radius 2 is 0.613 bits per heavy atom. The molecule has 0 aliphatic carbocycles. The highest BCUT2D eigenvalue weighted by molar-refractivity contribution is 6.14. The van der Waals surface area contributed by atoms with Gasteiger partial charge in [0.25, 0.3) is 0 Å². The molecule has 378 valence electrons. The van der Waals surface area contributed by atoms with Crippen LogP contribution in [0, 0.1) is 56.7 Å². The van der Waals surface area contributed by atoms with Crippen LogP contribution in [0.4, 0.5) is 26.3 Å². The van der Waals surface area contributed by atoms with Crippen molar-refractivity contribution in [3.05, 3.63) is 239 Å². The second kappa shape index (κ2) is 19.1. The lowest BCUT2D eigenvalue weighted by Crippen LogP contribution is -2.14. The van der Waals surface area contributed by atoms with Crippen LogP contribution in [0.15, 0.2) is 200 Å². The standard InChI is InChI=1S/C67H33F6N7/c68-66(69,70)52-17-18-53(58(33-52)67(71,72)73)65-63(79-59-19-13-48(44-9-1-5-39(23-44)34-74)29-54(59)55-30-49(14-20-60(55)79)45-10-2-6-40(24-45)35-75)27-43(38-78)28-64(65)80-61-21-15-50(46-11-3-7-41(25-46)36-76)31-56(61)57-32-51(16-22-62(57)80)47-12-4-8-42(26-47)37-77/h1-33H. The minimum absolute atomic E-state index is 0.00831. The normalized spacial score (nSPS) is 11.6. The Hall–Kier alpha value is -11.2. The van der Waals surface area contributed by atoms with E-state index in [1.165, 1.54) is 12.1 Å². The summed E-state index contributed by atoms with van der Waals surface area (Å²) in [6.07, 6.45) is -10.5. The number of aromatic nitrogens is 2. The Morgan fingerprint density at radius 1 is 0.300 bits per heavy atom. The van der Waals surface area contributed by atoms with Crippen LogP contribution < -0.4 is 0 Å². The number of rotatable bonds is 7.